The molecule has 0 radical (unpaired) electrons. The number of likely N-dealkylation sites (tertiary alicyclic amines) is 1. The number of benzene rings is 1. The molecule has 1 fully saturated rings. The van der Waals surface area contributed by atoms with Crippen molar-refractivity contribution in [3.8, 4) is 0 Å². The summed E-state index contributed by atoms with van der Waals surface area (Å²) in [4.78, 5) is 27.9. The van der Waals surface area contributed by atoms with Crippen LogP contribution in [-0.2, 0) is 4.79 Å². The average molecular weight is 317 g/mol. The molecule has 1 N–H and O–H groups in total. The first-order valence-corrected chi connectivity index (χ1v) is 8.46. The summed E-state index contributed by atoms with van der Waals surface area (Å²) in [6.45, 7) is 9.02. The van der Waals surface area contributed by atoms with Gasteiger partial charge in [0.15, 0.2) is 0 Å². The fourth-order valence-corrected chi connectivity index (χ4v) is 3.15. The Morgan fingerprint density at radius 3 is 2.43 bits per heavy atom. The quantitative estimate of drug-likeness (QED) is 0.906. The molecule has 1 aromatic carbocycles. The summed E-state index contributed by atoms with van der Waals surface area (Å²) in [6.07, 6.45) is 1.86. The Kier molecular flexibility index (Phi) is 6.02. The van der Waals surface area contributed by atoms with Gasteiger partial charge in [-0.25, -0.2) is 0 Å². The number of hydrogen-bond acceptors (Lipinski definition) is 3. The number of carbonyl (C=O) groups excluding carboxylic acids is 2. The molecule has 0 spiro atoms. The second-order valence-corrected chi connectivity index (χ2v) is 6.01. The first-order chi connectivity index (χ1) is 11.0. The smallest absolute Gasteiger partial charge is 0.253 e. The van der Waals surface area contributed by atoms with Gasteiger partial charge in [0.25, 0.3) is 5.91 Å². The molecule has 0 bridgehead atoms. The van der Waals surface area contributed by atoms with Gasteiger partial charge >= 0.3 is 0 Å². The van der Waals surface area contributed by atoms with E-state index < -0.39 is 0 Å². The highest BCUT2D eigenvalue weighted by Gasteiger charge is 2.24. The summed E-state index contributed by atoms with van der Waals surface area (Å²) < 4.78 is 0. The van der Waals surface area contributed by atoms with Crippen LogP contribution in [0.1, 0.15) is 44.0 Å². The minimum Gasteiger partial charge on any atom is -0.372 e. The van der Waals surface area contributed by atoms with Gasteiger partial charge in [0.2, 0.25) is 5.91 Å². The van der Waals surface area contributed by atoms with Gasteiger partial charge in [0.1, 0.15) is 0 Å². The van der Waals surface area contributed by atoms with Gasteiger partial charge in [0, 0.05) is 50.4 Å². The van der Waals surface area contributed by atoms with E-state index in [0.29, 0.717) is 12.1 Å². The third-order valence-corrected chi connectivity index (χ3v) is 4.36. The van der Waals surface area contributed by atoms with Gasteiger partial charge in [-0.1, -0.05) is 0 Å². The molecule has 0 aliphatic carbocycles. The Bertz CT molecular complexity index is 538. The van der Waals surface area contributed by atoms with Crippen LogP contribution >= 0.6 is 0 Å². The largest absolute Gasteiger partial charge is 0.372 e. The first-order valence-electron chi connectivity index (χ1n) is 8.46. The molecule has 5 nitrogen and oxygen atoms in total. The van der Waals surface area contributed by atoms with Crippen LogP contribution in [0.25, 0.3) is 0 Å². The first kappa shape index (κ1) is 17.3. The number of rotatable bonds is 5. The van der Waals surface area contributed by atoms with E-state index in [1.54, 1.807) is 0 Å². The van der Waals surface area contributed by atoms with Crippen LogP contribution in [0.15, 0.2) is 24.3 Å². The Morgan fingerprint density at radius 2 is 1.87 bits per heavy atom. The molecule has 5 heteroatoms. The minimum absolute atomic E-state index is 0.0344. The molecule has 1 heterocycles. The third kappa shape index (κ3) is 4.47. The van der Waals surface area contributed by atoms with Crippen molar-refractivity contribution in [1.82, 2.24) is 10.2 Å². The SMILES string of the molecule is CCN(CC)c1ccc(C(=O)N2CCCC(NC(C)=O)C2)cc1. The van der Waals surface area contributed by atoms with Crippen molar-refractivity contribution in [2.24, 2.45) is 0 Å². The van der Waals surface area contributed by atoms with Gasteiger partial charge in [-0.15, -0.1) is 0 Å². The van der Waals surface area contributed by atoms with Crippen LogP contribution in [0.2, 0.25) is 0 Å². The van der Waals surface area contributed by atoms with E-state index in [2.05, 4.69) is 24.1 Å². The van der Waals surface area contributed by atoms with Gasteiger partial charge in [-0.2, -0.15) is 0 Å². The summed E-state index contributed by atoms with van der Waals surface area (Å²) in [5.41, 5.74) is 1.85. The lowest BCUT2D eigenvalue weighted by molar-refractivity contribution is -0.120. The van der Waals surface area contributed by atoms with E-state index in [1.165, 1.54) is 6.92 Å². The summed E-state index contributed by atoms with van der Waals surface area (Å²) in [5.74, 6) is 0.0130. The lowest BCUT2D eigenvalue weighted by Crippen LogP contribution is -2.49. The molecule has 126 valence electrons. The monoisotopic (exact) mass is 317 g/mol. The van der Waals surface area contributed by atoms with Crippen molar-refractivity contribution < 1.29 is 9.59 Å². The number of anilines is 1. The number of carbonyl (C=O) groups is 2. The van der Waals surface area contributed by atoms with Gasteiger partial charge in [-0.05, 0) is 51.0 Å². The zero-order valence-electron chi connectivity index (χ0n) is 14.3. The van der Waals surface area contributed by atoms with Crippen molar-refractivity contribution in [2.75, 3.05) is 31.1 Å². The van der Waals surface area contributed by atoms with Crippen LogP contribution in [0, 0.1) is 0 Å². The fraction of sp³-hybridized carbons (Fsp3) is 0.556. The highest BCUT2D eigenvalue weighted by atomic mass is 16.2. The second-order valence-electron chi connectivity index (χ2n) is 6.01. The maximum Gasteiger partial charge on any atom is 0.253 e. The predicted molar refractivity (Wildman–Crippen MR) is 92.7 cm³/mol. The van der Waals surface area contributed by atoms with Crippen LogP contribution in [0.5, 0.6) is 0 Å². The number of nitrogens with one attached hydrogen (secondary N) is 1. The van der Waals surface area contributed by atoms with Crippen molar-refractivity contribution in [2.45, 2.75) is 39.7 Å². The Balaban J connectivity index is 2.03. The lowest BCUT2D eigenvalue weighted by atomic mass is 10.0. The zero-order chi connectivity index (χ0) is 16.8. The number of piperidine rings is 1. The van der Waals surface area contributed by atoms with Crippen LogP contribution in [0.3, 0.4) is 0 Å². The molecule has 2 rings (SSSR count). The summed E-state index contributed by atoms with van der Waals surface area (Å²) >= 11 is 0. The van der Waals surface area contributed by atoms with Gasteiger partial charge in [0.05, 0.1) is 0 Å². The molecule has 1 aromatic rings. The van der Waals surface area contributed by atoms with Crippen molar-refractivity contribution in [3.63, 3.8) is 0 Å². The maximum atomic E-state index is 12.7. The van der Waals surface area contributed by atoms with E-state index in [1.807, 2.05) is 29.2 Å². The standard InChI is InChI=1S/C18H27N3O2/c1-4-20(5-2)17-10-8-15(9-11-17)18(23)21-12-6-7-16(13-21)19-14(3)22/h8-11,16H,4-7,12-13H2,1-3H3,(H,19,22). The van der Waals surface area contributed by atoms with Gasteiger partial charge in [-0.3, -0.25) is 9.59 Å². The molecule has 1 aliphatic heterocycles. The molecule has 0 aromatic heterocycles. The lowest BCUT2D eigenvalue weighted by Gasteiger charge is -2.33. The molecule has 1 atom stereocenters. The molecule has 1 aliphatic rings. The van der Waals surface area contributed by atoms with Crippen molar-refractivity contribution >= 4 is 17.5 Å². The number of nitrogens with zero attached hydrogens (tertiary/aromatic N) is 2. The Labute approximate surface area is 138 Å². The summed E-state index contributed by atoms with van der Waals surface area (Å²) in [7, 11) is 0. The van der Waals surface area contributed by atoms with Crippen molar-refractivity contribution in [1.29, 1.82) is 0 Å². The van der Waals surface area contributed by atoms with Crippen molar-refractivity contribution in [3.05, 3.63) is 29.8 Å². The van der Waals surface area contributed by atoms with Gasteiger partial charge < -0.3 is 15.1 Å². The minimum atomic E-state index is -0.0344. The van der Waals surface area contributed by atoms with E-state index >= 15 is 0 Å². The average Bonchev–Trinajstić information content (AvgIpc) is 2.55. The molecular formula is C18H27N3O2. The number of hydrogen-bond donors (Lipinski definition) is 1. The molecular weight excluding hydrogens is 290 g/mol. The maximum absolute atomic E-state index is 12.7. The molecule has 0 saturated carbocycles. The Morgan fingerprint density at radius 1 is 1.22 bits per heavy atom. The summed E-state index contributed by atoms with van der Waals surface area (Å²) in [5, 5.41) is 2.92. The van der Waals surface area contributed by atoms with E-state index in [-0.39, 0.29) is 17.9 Å². The van der Waals surface area contributed by atoms with Crippen LogP contribution in [-0.4, -0.2) is 48.9 Å². The fourth-order valence-electron chi connectivity index (χ4n) is 3.15. The topological polar surface area (TPSA) is 52.7 Å². The zero-order valence-corrected chi connectivity index (χ0v) is 14.3. The van der Waals surface area contributed by atoms with E-state index in [4.69, 9.17) is 0 Å². The van der Waals surface area contributed by atoms with E-state index in [9.17, 15) is 9.59 Å². The second kappa shape index (κ2) is 7.99. The molecule has 2 amide bonds. The predicted octanol–water partition coefficient (Wildman–Crippen LogP) is 2.27. The summed E-state index contributed by atoms with van der Waals surface area (Å²) in [6, 6.07) is 7.89. The van der Waals surface area contributed by atoms with Crippen LogP contribution < -0.4 is 10.2 Å². The van der Waals surface area contributed by atoms with E-state index in [0.717, 1.165) is 38.2 Å². The Hall–Kier alpha value is -2.04. The third-order valence-electron chi connectivity index (χ3n) is 4.36. The molecule has 1 saturated heterocycles. The highest BCUT2D eigenvalue weighted by Crippen LogP contribution is 2.18. The van der Waals surface area contributed by atoms with Crippen LogP contribution in [0.4, 0.5) is 5.69 Å². The molecule has 1 unspecified atom stereocenters. The molecule has 23 heavy (non-hydrogen) atoms. The number of amides is 2. The highest BCUT2D eigenvalue weighted by molar-refractivity contribution is 5.94. The normalized spacial score (nSPS) is 17.7.